The Balaban J connectivity index is 1.57. The van der Waals surface area contributed by atoms with E-state index in [0.29, 0.717) is 31.0 Å². The van der Waals surface area contributed by atoms with Crippen LogP contribution in [-0.2, 0) is 11.2 Å². The Morgan fingerprint density at radius 3 is 2.88 bits per heavy atom. The van der Waals surface area contributed by atoms with Gasteiger partial charge >= 0.3 is 0 Å². The molecule has 24 heavy (non-hydrogen) atoms. The number of carbonyl (C=O) groups excluding carboxylic acids is 1. The largest absolute Gasteiger partial charge is 0.441 e. The van der Waals surface area contributed by atoms with Crippen molar-refractivity contribution in [1.29, 1.82) is 0 Å². The average Bonchev–Trinajstić information content (AvgIpc) is 3.02. The van der Waals surface area contributed by atoms with Gasteiger partial charge in [0.2, 0.25) is 5.91 Å². The van der Waals surface area contributed by atoms with Crippen molar-refractivity contribution in [2.24, 2.45) is 5.73 Å². The summed E-state index contributed by atoms with van der Waals surface area (Å²) in [5.41, 5.74) is 6.70. The molecule has 3 rings (SSSR count). The zero-order chi connectivity index (χ0) is 17.1. The molecule has 1 aromatic heterocycles. The van der Waals surface area contributed by atoms with Crippen LogP contribution in [0.3, 0.4) is 0 Å². The van der Waals surface area contributed by atoms with Crippen LogP contribution in [0.15, 0.2) is 34.9 Å². The van der Waals surface area contributed by atoms with Gasteiger partial charge in [-0.15, -0.1) is 0 Å². The molecule has 1 aliphatic rings. The molecule has 2 unspecified atom stereocenters. The Morgan fingerprint density at radius 1 is 1.42 bits per heavy atom. The predicted octanol–water partition coefficient (Wildman–Crippen LogP) is 2.75. The molecule has 128 valence electrons. The second-order valence-corrected chi connectivity index (χ2v) is 6.35. The van der Waals surface area contributed by atoms with Gasteiger partial charge in [0.05, 0.1) is 6.20 Å². The lowest BCUT2D eigenvalue weighted by Crippen LogP contribution is -2.48. The maximum atomic E-state index is 13.0. The van der Waals surface area contributed by atoms with Crippen LogP contribution in [-0.4, -0.2) is 34.4 Å². The third-order valence-corrected chi connectivity index (χ3v) is 4.47. The standard InChI is InChI=1S/C18H22FN3O2/c1-12-10-15(20)8-9-22(12)18(23)7-6-17-21-11-16(24-17)13-2-4-14(19)5-3-13/h2-5,11-12,15H,6-10,20H2,1H3. The van der Waals surface area contributed by atoms with Crippen molar-refractivity contribution in [2.75, 3.05) is 6.54 Å². The summed E-state index contributed by atoms with van der Waals surface area (Å²) in [6.45, 7) is 2.75. The number of halogens is 1. The first kappa shape index (κ1) is 16.6. The van der Waals surface area contributed by atoms with Crippen molar-refractivity contribution in [3.8, 4) is 11.3 Å². The Labute approximate surface area is 140 Å². The molecule has 2 aromatic rings. The number of aromatic nitrogens is 1. The lowest BCUT2D eigenvalue weighted by Gasteiger charge is -2.36. The quantitative estimate of drug-likeness (QED) is 0.935. The third-order valence-electron chi connectivity index (χ3n) is 4.47. The molecule has 0 bridgehead atoms. The molecule has 0 radical (unpaired) electrons. The van der Waals surface area contributed by atoms with E-state index in [1.165, 1.54) is 12.1 Å². The van der Waals surface area contributed by atoms with Crippen LogP contribution < -0.4 is 5.73 Å². The summed E-state index contributed by atoms with van der Waals surface area (Å²) in [6, 6.07) is 6.41. The summed E-state index contributed by atoms with van der Waals surface area (Å²) in [5, 5.41) is 0. The van der Waals surface area contributed by atoms with Gasteiger partial charge in [0, 0.05) is 37.0 Å². The smallest absolute Gasteiger partial charge is 0.223 e. The fourth-order valence-electron chi connectivity index (χ4n) is 3.11. The summed E-state index contributed by atoms with van der Waals surface area (Å²) in [4.78, 5) is 18.5. The van der Waals surface area contributed by atoms with Crippen LogP contribution in [0.2, 0.25) is 0 Å². The average molecular weight is 331 g/mol. The number of nitrogens with two attached hydrogens (primary N) is 1. The lowest BCUT2D eigenvalue weighted by molar-refractivity contribution is -0.134. The number of carbonyl (C=O) groups is 1. The van der Waals surface area contributed by atoms with E-state index in [1.54, 1.807) is 18.3 Å². The van der Waals surface area contributed by atoms with E-state index in [1.807, 2.05) is 11.8 Å². The van der Waals surface area contributed by atoms with E-state index in [4.69, 9.17) is 10.2 Å². The highest BCUT2D eigenvalue weighted by molar-refractivity contribution is 5.76. The van der Waals surface area contributed by atoms with E-state index in [2.05, 4.69) is 4.98 Å². The van der Waals surface area contributed by atoms with Crippen LogP contribution in [0.25, 0.3) is 11.3 Å². The highest BCUT2D eigenvalue weighted by Crippen LogP contribution is 2.22. The normalized spacial score (nSPS) is 21.0. The zero-order valence-electron chi connectivity index (χ0n) is 13.7. The fraction of sp³-hybridized carbons (Fsp3) is 0.444. The van der Waals surface area contributed by atoms with Crippen molar-refractivity contribution < 1.29 is 13.6 Å². The van der Waals surface area contributed by atoms with E-state index < -0.39 is 0 Å². The van der Waals surface area contributed by atoms with Gasteiger partial charge in [0.25, 0.3) is 0 Å². The molecule has 1 aliphatic heterocycles. The van der Waals surface area contributed by atoms with Crippen LogP contribution in [0.5, 0.6) is 0 Å². The number of hydrogen-bond donors (Lipinski definition) is 1. The van der Waals surface area contributed by atoms with Crippen LogP contribution >= 0.6 is 0 Å². The summed E-state index contributed by atoms with van der Waals surface area (Å²) >= 11 is 0. The molecule has 1 saturated heterocycles. The van der Waals surface area contributed by atoms with Crippen molar-refractivity contribution >= 4 is 5.91 Å². The summed E-state index contributed by atoms with van der Waals surface area (Å²) in [5.74, 6) is 0.911. The van der Waals surface area contributed by atoms with Gasteiger partial charge in [0.1, 0.15) is 5.82 Å². The topological polar surface area (TPSA) is 72.4 Å². The molecule has 0 spiro atoms. The Bertz CT molecular complexity index is 699. The van der Waals surface area contributed by atoms with Crippen LogP contribution in [0.1, 0.15) is 32.1 Å². The number of nitrogens with zero attached hydrogens (tertiary/aromatic N) is 2. The van der Waals surface area contributed by atoms with Crippen LogP contribution in [0.4, 0.5) is 4.39 Å². The molecule has 6 heteroatoms. The minimum atomic E-state index is -0.292. The molecular weight excluding hydrogens is 309 g/mol. The van der Waals surface area contributed by atoms with Gasteiger partial charge in [-0.05, 0) is 44.0 Å². The fourth-order valence-corrected chi connectivity index (χ4v) is 3.11. The van der Waals surface area contributed by atoms with Gasteiger partial charge in [-0.3, -0.25) is 4.79 Å². The molecule has 0 saturated carbocycles. The minimum Gasteiger partial charge on any atom is -0.441 e. The Hall–Kier alpha value is -2.21. The van der Waals surface area contributed by atoms with Crippen molar-refractivity contribution in [1.82, 2.24) is 9.88 Å². The Kier molecular flexibility index (Phi) is 4.94. The van der Waals surface area contributed by atoms with Gasteiger partial charge in [-0.1, -0.05) is 0 Å². The second-order valence-electron chi connectivity index (χ2n) is 6.35. The monoisotopic (exact) mass is 331 g/mol. The third kappa shape index (κ3) is 3.82. The second kappa shape index (κ2) is 7.13. The molecule has 2 atom stereocenters. The first-order valence-corrected chi connectivity index (χ1v) is 8.28. The van der Waals surface area contributed by atoms with Gasteiger partial charge in [-0.25, -0.2) is 9.37 Å². The maximum Gasteiger partial charge on any atom is 0.223 e. The van der Waals surface area contributed by atoms with Gasteiger partial charge < -0.3 is 15.1 Å². The van der Waals surface area contributed by atoms with E-state index in [0.717, 1.165) is 18.4 Å². The number of aryl methyl sites for hydroxylation is 1. The summed E-state index contributed by atoms with van der Waals surface area (Å²) in [7, 11) is 0. The highest BCUT2D eigenvalue weighted by atomic mass is 19.1. The molecule has 1 aromatic carbocycles. The van der Waals surface area contributed by atoms with Crippen molar-refractivity contribution in [3.63, 3.8) is 0 Å². The number of piperidine rings is 1. The van der Waals surface area contributed by atoms with E-state index >= 15 is 0 Å². The molecule has 5 nitrogen and oxygen atoms in total. The number of rotatable bonds is 4. The number of hydrogen-bond acceptors (Lipinski definition) is 4. The first-order valence-electron chi connectivity index (χ1n) is 8.28. The molecule has 1 amide bonds. The number of amides is 1. The van der Waals surface area contributed by atoms with Gasteiger partial charge in [-0.2, -0.15) is 0 Å². The number of likely N-dealkylation sites (tertiary alicyclic amines) is 1. The summed E-state index contributed by atoms with van der Waals surface area (Å²) < 4.78 is 18.6. The van der Waals surface area contributed by atoms with Gasteiger partial charge in [0.15, 0.2) is 11.7 Å². The molecular formula is C18H22FN3O2. The molecule has 2 N–H and O–H groups in total. The summed E-state index contributed by atoms with van der Waals surface area (Å²) in [6.07, 6.45) is 4.12. The van der Waals surface area contributed by atoms with Crippen LogP contribution in [0, 0.1) is 5.82 Å². The molecule has 1 fully saturated rings. The lowest BCUT2D eigenvalue weighted by atomic mass is 9.98. The van der Waals surface area contributed by atoms with E-state index in [-0.39, 0.29) is 23.8 Å². The first-order chi connectivity index (χ1) is 11.5. The highest BCUT2D eigenvalue weighted by Gasteiger charge is 2.26. The number of benzene rings is 1. The number of oxazole rings is 1. The molecule has 2 heterocycles. The SMILES string of the molecule is CC1CC(N)CCN1C(=O)CCc1ncc(-c2ccc(F)cc2)o1. The minimum absolute atomic E-state index is 0.107. The maximum absolute atomic E-state index is 13.0. The van der Waals surface area contributed by atoms with E-state index in [9.17, 15) is 9.18 Å². The van der Waals surface area contributed by atoms with Crippen molar-refractivity contribution in [2.45, 2.75) is 44.7 Å². The Morgan fingerprint density at radius 2 is 2.17 bits per heavy atom. The van der Waals surface area contributed by atoms with Crippen molar-refractivity contribution in [3.05, 3.63) is 42.2 Å². The zero-order valence-corrected chi connectivity index (χ0v) is 13.7. The predicted molar refractivity (Wildman–Crippen MR) is 88.6 cm³/mol. The molecule has 0 aliphatic carbocycles.